The third-order valence-corrected chi connectivity index (χ3v) is 6.35. The van der Waals surface area contributed by atoms with Crippen molar-refractivity contribution in [2.24, 2.45) is 5.16 Å². The zero-order chi connectivity index (χ0) is 23.4. The van der Waals surface area contributed by atoms with E-state index in [-0.39, 0.29) is 16.5 Å². The van der Waals surface area contributed by atoms with Gasteiger partial charge in [-0.25, -0.2) is 9.78 Å². The van der Waals surface area contributed by atoms with Crippen molar-refractivity contribution in [1.82, 2.24) is 15.2 Å². The highest BCUT2D eigenvalue weighted by molar-refractivity contribution is 8.00. The number of hydrogen-bond acceptors (Lipinski definition) is 12. The number of fused-ring (bicyclic) bond motifs is 1. The van der Waals surface area contributed by atoms with Crippen LogP contribution in [-0.2, 0) is 28.7 Å². The first-order chi connectivity index (χ1) is 15.3. The van der Waals surface area contributed by atoms with Gasteiger partial charge in [-0.15, -0.1) is 23.1 Å². The number of aromatic nitrogens is 1. The Bertz CT molecular complexity index is 1050. The van der Waals surface area contributed by atoms with E-state index in [2.05, 4.69) is 20.2 Å². The van der Waals surface area contributed by atoms with Crippen molar-refractivity contribution < 1.29 is 33.9 Å². The quantitative estimate of drug-likeness (QED) is 0.122. The van der Waals surface area contributed by atoms with E-state index in [4.69, 9.17) is 10.5 Å². The molecule has 4 N–H and O–H groups in total. The topological polar surface area (TPSA) is 174 Å². The molecular formula is C18H19N5O7S2. The summed E-state index contributed by atoms with van der Waals surface area (Å²) < 4.78 is 9.59. The highest BCUT2D eigenvalue weighted by atomic mass is 32.2. The van der Waals surface area contributed by atoms with Crippen LogP contribution in [0.4, 0.5) is 5.13 Å². The lowest BCUT2D eigenvalue weighted by Gasteiger charge is -2.49. The molecule has 3 rings (SSSR count). The van der Waals surface area contributed by atoms with Gasteiger partial charge in [0.1, 0.15) is 22.8 Å². The van der Waals surface area contributed by atoms with Gasteiger partial charge in [-0.2, -0.15) is 0 Å². The van der Waals surface area contributed by atoms with Crippen LogP contribution in [0.3, 0.4) is 0 Å². The largest absolute Gasteiger partial charge is 0.428 e. The molecule has 0 aliphatic carbocycles. The van der Waals surface area contributed by atoms with E-state index in [1.165, 1.54) is 29.0 Å². The first-order valence-electron chi connectivity index (χ1n) is 9.13. The molecule has 32 heavy (non-hydrogen) atoms. The number of oxime groups is 1. The Morgan fingerprint density at radius 1 is 1.44 bits per heavy atom. The van der Waals surface area contributed by atoms with Gasteiger partial charge in [0.05, 0.1) is 0 Å². The van der Waals surface area contributed by atoms with Crippen LogP contribution in [0, 0.1) is 0 Å². The molecule has 0 saturated carbocycles. The standard InChI is InChI=1S/C18H19N5O7S2/c1-3-4-9-5-31-16-12(21-14(25)11(22-28)10-6-32-18(19)20-10)15(26)23(16)13(9)17(27)30-7-29-8(2)24/h3-4,6,12,16,28H,5,7H2,1-2H3,(H2,19,20)(H,21,25)/b4-3-,22-11+/t12?,16-/m1/s1. The van der Waals surface area contributed by atoms with E-state index >= 15 is 0 Å². The predicted molar refractivity (Wildman–Crippen MR) is 114 cm³/mol. The summed E-state index contributed by atoms with van der Waals surface area (Å²) in [5.41, 5.74) is 5.78. The monoisotopic (exact) mass is 481 g/mol. The fourth-order valence-corrected chi connectivity index (χ4v) is 4.88. The van der Waals surface area contributed by atoms with E-state index < -0.39 is 47.7 Å². The Morgan fingerprint density at radius 3 is 2.78 bits per heavy atom. The number of nitrogen functional groups attached to an aromatic ring is 1. The zero-order valence-electron chi connectivity index (χ0n) is 16.9. The van der Waals surface area contributed by atoms with Crippen molar-refractivity contribution in [3.05, 3.63) is 34.5 Å². The van der Waals surface area contributed by atoms with Crippen molar-refractivity contribution in [3.8, 4) is 0 Å². The van der Waals surface area contributed by atoms with Crippen LogP contribution in [0.5, 0.6) is 0 Å². The molecule has 170 valence electrons. The number of β-lactam (4-membered cyclic amide) rings is 1. The van der Waals surface area contributed by atoms with Crippen LogP contribution in [0.15, 0.2) is 34.0 Å². The van der Waals surface area contributed by atoms with Gasteiger partial charge in [0.2, 0.25) is 6.79 Å². The lowest BCUT2D eigenvalue weighted by atomic mass is 10.0. The normalized spacial score (nSPS) is 20.6. The summed E-state index contributed by atoms with van der Waals surface area (Å²) in [5, 5.41) is 15.7. The van der Waals surface area contributed by atoms with Crippen LogP contribution >= 0.6 is 23.1 Å². The number of nitrogens with two attached hydrogens (primary N) is 1. The van der Waals surface area contributed by atoms with Gasteiger partial charge in [-0.05, 0) is 12.5 Å². The number of thiazole rings is 1. The lowest BCUT2D eigenvalue weighted by Crippen LogP contribution is -2.71. The number of esters is 2. The van der Waals surface area contributed by atoms with E-state index in [0.717, 1.165) is 11.3 Å². The van der Waals surface area contributed by atoms with Gasteiger partial charge < -0.3 is 25.7 Å². The van der Waals surface area contributed by atoms with E-state index in [1.807, 2.05) is 0 Å². The molecule has 1 aromatic heterocycles. The van der Waals surface area contributed by atoms with Crippen LogP contribution in [0.25, 0.3) is 0 Å². The number of carbonyl (C=O) groups is 4. The molecule has 0 radical (unpaired) electrons. The van der Waals surface area contributed by atoms with Crippen molar-refractivity contribution in [2.75, 3.05) is 18.3 Å². The number of ether oxygens (including phenoxy) is 2. The molecule has 12 nitrogen and oxygen atoms in total. The molecule has 1 unspecified atom stereocenters. The molecule has 1 saturated heterocycles. The van der Waals surface area contributed by atoms with Gasteiger partial charge in [0, 0.05) is 18.1 Å². The van der Waals surface area contributed by atoms with Crippen LogP contribution in [0.2, 0.25) is 0 Å². The third-order valence-electron chi connectivity index (χ3n) is 4.38. The summed E-state index contributed by atoms with van der Waals surface area (Å²) in [7, 11) is 0. The number of amides is 2. The van der Waals surface area contributed by atoms with Gasteiger partial charge in [-0.3, -0.25) is 19.3 Å². The minimum Gasteiger partial charge on any atom is -0.428 e. The summed E-state index contributed by atoms with van der Waals surface area (Å²) in [5.74, 6) is -2.46. The predicted octanol–water partition coefficient (Wildman–Crippen LogP) is 0.198. The molecular weight excluding hydrogens is 462 g/mol. The second-order valence-corrected chi connectivity index (χ2v) is 8.43. The zero-order valence-corrected chi connectivity index (χ0v) is 18.6. The fourth-order valence-electron chi connectivity index (χ4n) is 3.01. The third kappa shape index (κ3) is 4.60. The molecule has 3 heterocycles. The Labute approximate surface area is 190 Å². The van der Waals surface area contributed by atoms with Gasteiger partial charge in [-0.1, -0.05) is 17.3 Å². The van der Waals surface area contributed by atoms with E-state index in [0.29, 0.717) is 11.3 Å². The minimum absolute atomic E-state index is 0.0119. The molecule has 2 atom stereocenters. The Morgan fingerprint density at radius 2 is 2.19 bits per heavy atom. The van der Waals surface area contributed by atoms with Gasteiger partial charge in [0.25, 0.3) is 11.8 Å². The molecule has 2 amide bonds. The highest BCUT2D eigenvalue weighted by Gasteiger charge is 2.54. The van der Waals surface area contributed by atoms with Crippen molar-refractivity contribution in [3.63, 3.8) is 0 Å². The molecule has 0 bridgehead atoms. The number of nitrogens with one attached hydrogen (secondary N) is 1. The Kier molecular flexibility index (Phi) is 7.15. The number of anilines is 1. The number of nitrogens with zero attached hydrogens (tertiary/aromatic N) is 3. The van der Waals surface area contributed by atoms with E-state index in [1.54, 1.807) is 19.1 Å². The molecule has 14 heteroatoms. The Balaban J connectivity index is 1.76. The SMILES string of the molecule is C/C=C\C1=C(C(=O)OCOC(C)=O)N2C(=O)C(NC(=O)/C(=N/O)c3csc(N)n3)[C@H]2SC1. The van der Waals surface area contributed by atoms with Crippen LogP contribution < -0.4 is 11.1 Å². The Hall–Kier alpha value is -3.39. The fraction of sp³-hybridized carbons (Fsp3) is 0.333. The first-order valence-corrected chi connectivity index (χ1v) is 11.1. The number of rotatable bonds is 7. The van der Waals surface area contributed by atoms with Gasteiger partial charge in [0.15, 0.2) is 10.8 Å². The second-order valence-electron chi connectivity index (χ2n) is 6.44. The number of carbonyl (C=O) groups excluding carboxylic acids is 4. The smallest absolute Gasteiger partial charge is 0.358 e. The van der Waals surface area contributed by atoms with Crippen molar-refractivity contribution in [2.45, 2.75) is 25.3 Å². The summed E-state index contributed by atoms with van der Waals surface area (Å²) in [6.07, 6.45) is 3.39. The summed E-state index contributed by atoms with van der Waals surface area (Å²) in [6.45, 7) is 2.34. The second kappa shape index (κ2) is 9.82. The molecule has 0 aromatic carbocycles. The summed E-state index contributed by atoms with van der Waals surface area (Å²) in [4.78, 5) is 54.0. The average molecular weight is 482 g/mol. The van der Waals surface area contributed by atoms with Crippen LogP contribution in [-0.4, -0.2) is 68.5 Å². The molecule has 0 spiro atoms. The number of thioether (sulfide) groups is 1. The first kappa shape index (κ1) is 23.3. The van der Waals surface area contributed by atoms with Crippen molar-refractivity contribution in [1.29, 1.82) is 0 Å². The minimum atomic E-state index is -0.969. The maximum absolute atomic E-state index is 12.8. The average Bonchev–Trinajstić information content (AvgIpc) is 3.17. The molecule has 1 fully saturated rings. The van der Waals surface area contributed by atoms with Crippen molar-refractivity contribution >= 4 is 57.7 Å². The molecule has 2 aliphatic heterocycles. The number of hydrogen-bond donors (Lipinski definition) is 3. The maximum atomic E-state index is 12.8. The maximum Gasteiger partial charge on any atom is 0.358 e. The van der Waals surface area contributed by atoms with Gasteiger partial charge >= 0.3 is 11.9 Å². The highest BCUT2D eigenvalue weighted by Crippen LogP contribution is 2.41. The summed E-state index contributed by atoms with van der Waals surface area (Å²) in [6, 6.07) is -0.969. The number of allylic oxidation sites excluding steroid dienone is 2. The molecule has 2 aliphatic rings. The molecule has 1 aromatic rings. The van der Waals surface area contributed by atoms with E-state index in [9.17, 15) is 24.4 Å². The lowest BCUT2D eigenvalue weighted by molar-refractivity contribution is -0.166. The summed E-state index contributed by atoms with van der Waals surface area (Å²) >= 11 is 2.40. The van der Waals surface area contributed by atoms with Crippen LogP contribution in [0.1, 0.15) is 19.5 Å².